The third kappa shape index (κ3) is 2.72. The van der Waals surface area contributed by atoms with Gasteiger partial charge in [-0.2, -0.15) is 0 Å². The molecule has 98 valence electrons. The third-order valence-electron chi connectivity index (χ3n) is 3.38. The molecule has 1 aromatic rings. The van der Waals surface area contributed by atoms with Gasteiger partial charge in [0.1, 0.15) is 12.2 Å². The average molecular weight is 250 g/mol. The topological polar surface area (TPSA) is 62.4 Å². The fourth-order valence-corrected chi connectivity index (χ4v) is 2.40. The van der Waals surface area contributed by atoms with Gasteiger partial charge in [0.2, 0.25) is 0 Å². The summed E-state index contributed by atoms with van der Waals surface area (Å²) in [6.45, 7) is 0.0268. The molecule has 0 saturated heterocycles. The highest BCUT2D eigenvalue weighted by Gasteiger charge is 2.29. The molecule has 1 amide bonds. The Labute approximate surface area is 106 Å². The van der Waals surface area contributed by atoms with E-state index < -0.39 is 0 Å². The van der Waals surface area contributed by atoms with E-state index in [0.29, 0.717) is 5.69 Å². The lowest BCUT2D eigenvalue weighted by Gasteiger charge is -2.27. The van der Waals surface area contributed by atoms with E-state index in [1.165, 1.54) is 7.11 Å². The maximum Gasteiger partial charge on any atom is 0.325 e. The van der Waals surface area contributed by atoms with Crippen LogP contribution in [0.15, 0.2) is 18.3 Å². The van der Waals surface area contributed by atoms with Crippen LogP contribution in [0.5, 0.6) is 0 Å². The Hall–Kier alpha value is -1.78. The number of hydrogen-bond acceptors (Lipinski definition) is 3. The minimum atomic E-state index is -0.373. The van der Waals surface area contributed by atoms with Gasteiger partial charge in [0.05, 0.1) is 7.11 Å². The Bertz CT molecular complexity index is 408. The summed E-state index contributed by atoms with van der Waals surface area (Å²) in [6.07, 6.45) is 5.85. The molecule has 1 heterocycles. The van der Waals surface area contributed by atoms with Gasteiger partial charge in [-0.3, -0.25) is 9.59 Å². The number of aromatic nitrogens is 1. The van der Waals surface area contributed by atoms with Gasteiger partial charge in [0.15, 0.2) is 0 Å². The van der Waals surface area contributed by atoms with Gasteiger partial charge in [-0.25, -0.2) is 0 Å². The van der Waals surface area contributed by atoms with E-state index in [4.69, 9.17) is 0 Å². The first kappa shape index (κ1) is 12.7. The van der Waals surface area contributed by atoms with Gasteiger partial charge < -0.3 is 14.6 Å². The molecule has 1 aromatic heterocycles. The molecule has 0 unspecified atom stereocenters. The largest absolute Gasteiger partial charge is 0.468 e. The zero-order valence-corrected chi connectivity index (χ0v) is 10.5. The highest BCUT2D eigenvalue weighted by atomic mass is 16.5. The summed E-state index contributed by atoms with van der Waals surface area (Å²) in [5.74, 6) is -0.501. The molecule has 1 saturated carbocycles. The second-order valence-electron chi connectivity index (χ2n) is 4.53. The number of nitrogens with zero attached hydrogens (tertiary/aromatic N) is 1. The number of ether oxygens (including phenoxy) is 1. The SMILES string of the molecule is COC(=O)CN(C(=O)c1ccc[nH]1)C1CCCC1. The fraction of sp³-hybridized carbons (Fsp3) is 0.538. The summed E-state index contributed by atoms with van der Waals surface area (Å²) in [4.78, 5) is 28.3. The van der Waals surface area contributed by atoms with Crippen LogP contribution in [0.3, 0.4) is 0 Å². The van der Waals surface area contributed by atoms with Gasteiger partial charge in [0, 0.05) is 12.2 Å². The number of hydrogen-bond donors (Lipinski definition) is 1. The van der Waals surface area contributed by atoms with Crippen molar-refractivity contribution in [1.82, 2.24) is 9.88 Å². The van der Waals surface area contributed by atoms with Gasteiger partial charge in [-0.05, 0) is 25.0 Å². The highest BCUT2D eigenvalue weighted by Crippen LogP contribution is 2.24. The molecule has 1 aliphatic carbocycles. The lowest BCUT2D eigenvalue weighted by molar-refractivity contribution is -0.141. The number of carbonyl (C=O) groups is 2. The molecule has 0 aromatic carbocycles. The Morgan fingerprint density at radius 1 is 1.44 bits per heavy atom. The number of esters is 1. The monoisotopic (exact) mass is 250 g/mol. The number of aromatic amines is 1. The molecule has 1 aliphatic rings. The second-order valence-corrected chi connectivity index (χ2v) is 4.53. The first-order chi connectivity index (χ1) is 8.72. The van der Waals surface area contributed by atoms with Crippen LogP contribution in [0.1, 0.15) is 36.2 Å². The van der Waals surface area contributed by atoms with Crippen LogP contribution in [0.2, 0.25) is 0 Å². The molecule has 1 N–H and O–H groups in total. The van der Waals surface area contributed by atoms with Gasteiger partial charge >= 0.3 is 5.97 Å². The lowest BCUT2D eigenvalue weighted by Crippen LogP contribution is -2.42. The quantitative estimate of drug-likeness (QED) is 0.825. The third-order valence-corrected chi connectivity index (χ3v) is 3.38. The molecule has 0 atom stereocenters. The molecule has 0 radical (unpaired) electrons. The van der Waals surface area contributed by atoms with E-state index in [2.05, 4.69) is 9.72 Å². The van der Waals surface area contributed by atoms with Crippen molar-refractivity contribution < 1.29 is 14.3 Å². The predicted octanol–water partition coefficient (Wildman–Crippen LogP) is 1.57. The standard InChI is InChI=1S/C13H18N2O3/c1-18-12(16)9-15(10-5-2-3-6-10)13(17)11-7-4-8-14-11/h4,7-8,10,14H,2-3,5-6,9H2,1H3. The summed E-state index contributed by atoms with van der Waals surface area (Å²) in [7, 11) is 1.34. The molecule has 2 rings (SSSR count). The van der Waals surface area contributed by atoms with Crippen LogP contribution < -0.4 is 0 Å². The summed E-state index contributed by atoms with van der Waals surface area (Å²) in [6, 6.07) is 3.65. The van der Waals surface area contributed by atoms with Crippen LogP contribution in [-0.4, -0.2) is 41.5 Å². The van der Waals surface area contributed by atoms with E-state index >= 15 is 0 Å². The number of rotatable bonds is 4. The molecule has 1 fully saturated rings. The van der Waals surface area contributed by atoms with Crippen LogP contribution >= 0.6 is 0 Å². The highest BCUT2D eigenvalue weighted by molar-refractivity contribution is 5.94. The number of carbonyl (C=O) groups excluding carboxylic acids is 2. The van der Waals surface area contributed by atoms with Crippen molar-refractivity contribution >= 4 is 11.9 Å². The number of amides is 1. The minimum Gasteiger partial charge on any atom is -0.468 e. The minimum absolute atomic E-state index is 0.0268. The van der Waals surface area contributed by atoms with Crippen molar-refractivity contribution in [2.24, 2.45) is 0 Å². The summed E-state index contributed by atoms with van der Waals surface area (Å²) in [5.41, 5.74) is 0.519. The fourth-order valence-electron chi connectivity index (χ4n) is 2.40. The predicted molar refractivity (Wildman–Crippen MR) is 66.1 cm³/mol. The zero-order chi connectivity index (χ0) is 13.0. The van der Waals surface area contributed by atoms with Crippen LogP contribution in [0, 0.1) is 0 Å². The first-order valence-corrected chi connectivity index (χ1v) is 6.23. The van der Waals surface area contributed by atoms with Crippen molar-refractivity contribution in [3.05, 3.63) is 24.0 Å². The Morgan fingerprint density at radius 2 is 2.17 bits per heavy atom. The van der Waals surface area contributed by atoms with E-state index in [1.807, 2.05) is 0 Å². The van der Waals surface area contributed by atoms with Crippen LogP contribution in [0.4, 0.5) is 0 Å². The van der Waals surface area contributed by atoms with Gasteiger partial charge in [-0.1, -0.05) is 12.8 Å². The van der Waals surface area contributed by atoms with Gasteiger partial charge in [0.25, 0.3) is 5.91 Å². The Balaban J connectivity index is 2.13. The second kappa shape index (κ2) is 5.71. The van der Waals surface area contributed by atoms with Crippen molar-refractivity contribution in [3.8, 4) is 0 Å². The Morgan fingerprint density at radius 3 is 2.72 bits per heavy atom. The lowest BCUT2D eigenvalue weighted by atomic mass is 10.2. The van der Waals surface area contributed by atoms with E-state index in [-0.39, 0.29) is 24.5 Å². The number of methoxy groups -OCH3 is 1. The summed E-state index contributed by atoms with van der Waals surface area (Å²) < 4.78 is 4.66. The summed E-state index contributed by atoms with van der Waals surface area (Å²) >= 11 is 0. The maximum atomic E-state index is 12.3. The summed E-state index contributed by atoms with van der Waals surface area (Å²) in [5, 5.41) is 0. The molecular weight excluding hydrogens is 232 g/mol. The molecule has 5 heteroatoms. The van der Waals surface area contributed by atoms with Crippen molar-refractivity contribution in [1.29, 1.82) is 0 Å². The number of nitrogens with one attached hydrogen (secondary N) is 1. The van der Waals surface area contributed by atoms with Gasteiger partial charge in [-0.15, -0.1) is 0 Å². The van der Waals surface area contributed by atoms with Crippen LogP contribution in [0.25, 0.3) is 0 Å². The number of H-pyrrole nitrogens is 1. The molecule has 5 nitrogen and oxygen atoms in total. The van der Waals surface area contributed by atoms with E-state index in [0.717, 1.165) is 25.7 Å². The van der Waals surface area contributed by atoms with Crippen LogP contribution in [-0.2, 0) is 9.53 Å². The smallest absolute Gasteiger partial charge is 0.325 e. The molecule has 18 heavy (non-hydrogen) atoms. The molecule has 0 aliphatic heterocycles. The average Bonchev–Trinajstić information content (AvgIpc) is 3.06. The van der Waals surface area contributed by atoms with Crippen molar-refractivity contribution in [2.75, 3.05) is 13.7 Å². The first-order valence-electron chi connectivity index (χ1n) is 6.23. The van der Waals surface area contributed by atoms with E-state index in [1.54, 1.807) is 23.2 Å². The Kier molecular flexibility index (Phi) is 4.02. The maximum absolute atomic E-state index is 12.3. The normalized spacial score (nSPS) is 15.6. The molecule has 0 spiro atoms. The van der Waals surface area contributed by atoms with E-state index in [9.17, 15) is 9.59 Å². The van der Waals surface area contributed by atoms with Crippen molar-refractivity contribution in [3.63, 3.8) is 0 Å². The molecular formula is C13H18N2O3. The molecule has 0 bridgehead atoms. The van der Waals surface area contributed by atoms with Crippen molar-refractivity contribution in [2.45, 2.75) is 31.7 Å². The zero-order valence-electron chi connectivity index (χ0n) is 10.5.